The minimum atomic E-state index is -1.28. The molecule has 0 radical (unpaired) electrons. The first-order valence-corrected chi connectivity index (χ1v) is 10.7. The Morgan fingerprint density at radius 3 is 1.78 bits per heavy atom. The summed E-state index contributed by atoms with van der Waals surface area (Å²) in [6.07, 6.45) is 3.58. The quantitative estimate of drug-likeness (QED) is 0.642. The summed E-state index contributed by atoms with van der Waals surface area (Å²) in [5.74, 6) is 1.12. The van der Waals surface area contributed by atoms with E-state index < -0.39 is 5.54 Å². The van der Waals surface area contributed by atoms with E-state index in [1.165, 1.54) is 24.2 Å². The number of carbonyl (C=O) groups is 2. The van der Waals surface area contributed by atoms with Crippen LogP contribution in [0.15, 0.2) is 48.5 Å². The summed E-state index contributed by atoms with van der Waals surface area (Å²) in [6, 6.07) is 14.2. The smallest absolute Gasteiger partial charge is 0.325 e. The van der Waals surface area contributed by atoms with Crippen LogP contribution in [0.3, 0.4) is 0 Å². The fraction of sp³-hybridized carbons (Fsp3) is 0.417. The SMILES string of the molecule is COc1ccc(C2(c3ccc(OC)cc3)NC(=O)N(CCN3CCCCC3)C2=O)cc1.Cl. The van der Waals surface area contributed by atoms with Crippen molar-refractivity contribution >= 4 is 24.3 Å². The van der Waals surface area contributed by atoms with E-state index in [1.807, 2.05) is 24.3 Å². The third-order valence-electron chi connectivity index (χ3n) is 6.24. The van der Waals surface area contributed by atoms with Gasteiger partial charge in [-0.3, -0.25) is 9.69 Å². The number of likely N-dealkylation sites (tertiary alicyclic amines) is 1. The minimum Gasteiger partial charge on any atom is -0.497 e. The Kier molecular flexibility index (Phi) is 7.64. The average Bonchev–Trinajstić information content (AvgIpc) is 3.08. The van der Waals surface area contributed by atoms with Crippen molar-refractivity contribution in [2.75, 3.05) is 40.4 Å². The second-order valence-electron chi connectivity index (χ2n) is 8.00. The zero-order chi connectivity index (χ0) is 21.8. The van der Waals surface area contributed by atoms with Crippen molar-refractivity contribution in [3.63, 3.8) is 0 Å². The van der Waals surface area contributed by atoms with Crippen molar-refractivity contribution in [3.05, 3.63) is 59.7 Å². The molecule has 1 N–H and O–H groups in total. The molecule has 2 fully saturated rings. The fourth-order valence-electron chi connectivity index (χ4n) is 4.44. The molecule has 2 aromatic rings. The Morgan fingerprint density at radius 1 is 0.812 bits per heavy atom. The summed E-state index contributed by atoms with van der Waals surface area (Å²) in [4.78, 5) is 30.4. The molecule has 7 nitrogen and oxygen atoms in total. The minimum absolute atomic E-state index is 0. The molecule has 2 aromatic carbocycles. The highest BCUT2D eigenvalue weighted by Gasteiger charge is 2.53. The summed E-state index contributed by atoms with van der Waals surface area (Å²) in [5.41, 5.74) is 0.104. The van der Waals surface area contributed by atoms with Gasteiger partial charge in [0, 0.05) is 13.1 Å². The molecule has 0 saturated carbocycles. The average molecular weight is 460 g/mol. The van der Waals surface area contributed by atoms with Crippen molar-refractivity contribution in [1.82, 2.24) is 15.1 Å². The number of carbonyl (C=O) groups excluding carboxylic acids is 2. The number of halogens is 1. The number of piperidine rings is 1. The summed E-state index contributed by atoms with van der Waals surface area (Å²) < 4.78 is 10.5. The van der Waals surface area contributed by atoms with Crippen molar-refractivity contribution in [1.29, 1.82) is 0 Å². The lowest BCUT2D eigenvalue weighted by molar-refractivity contribution is -0.130. The summed E-state index contributed by atoms with van der Waals surface area (Å²) in [6.45, 7) is 3.11. The molecule has 172 valence electrons. The van der Waals surface area contributed by atoms with E-state index >= 15 is 0 Å². The predicted octanol–water partition coefficient (Wildman–Crippen LogP) is 3.41. The van der Waals surface area contributed by atoms with Crippen LogP contribution in [0.1, 0.15) is 30.4 Å². The molecule has 8 heteroatoms. The van der Waals surface area contributed by atoms with E-state index in [0.29, 0.717) is 35.7 Å². The van der Waals surface area contributed by atoms with Crippen molar-refractivity contribution in [2.24, 2.45) is 0 Å². The molecule has 0 unspecified atom stereocenters. The van der Waals surface area contributed by atoms with Crippen molar-refractivity contribution in [3.8, 4) is 11.5 Å². The first-order chi connectivity index (χ1) is 15.1. The maximum atomic E-state index is 13.8. The molecule has 4 rings (SSSR count). The number of imide groups is 1. The Labute approximate surface area is 195 Å². The molecule has 2 heterocycles. The second-order valence-corrected chi connectivity index (χ2v) is 8.00. The number of hydrogen-bond donors (Lipinski definition) is 1. The Balaban J connectivity index is 0.00000289. The first kappa shape index (κ1) is 23.9. The van der Waals surface area contributed by atoms with Crippen molar-refractivity contribution < 1.29 is 19.1 Å². The van der Waals surface area contributed by atoms with Gasteiger partial charge in [-0.2, -0.15) is 0 Å². The van der Waals surface area contributed by atoms with Crippen LogP contribution in [0.5, 0.6) is 11.5 Å². The zero-order valence-electron chi connectivity index (χ0n) is 18.5. The van der Waals surface area contributed by atoms with Crippen LogP contribution < -0.4 is 14.8 Å². The van der Waals surface area contributed by atoms with Crippen molar-refractivity contribution in [2.45, 2.75) is 24.8 Å². The lowest BCUT2D eigenvalue weighted by Crippen LogP contribution is -2.45. The highest BCUT2D eigenvalue weighted by molar-refractivity contribution is 6.09. The molecule has 0 aliphatic carbocycles. The zero-order valence-corrected chi connectivity index (χ0v) is 19.3. The van der Waals surface area contributed by atoms with Crippen LogP contribution in [0.25, 0.3) is 0 Å². The largest absolute Gasteiger partial charge is 0.497 e. The third kappa shape index (κ3) is 4.40. The van der Waals surface area contributed by atoms with Gasteiger partial charge in [-0.05, 0) is 61.3 Å². The van der Waals surface area contributed by atoms with Crippen LogP contribution >= 0.6 is 12.4 Å². The number of rotatable bonds is 7. The van der Waals surface area contributed by atoms with E-state index in [-0.39, 0.29) is 24.3 Å². The fourth-order valence-corrected chi connectivity index (χ4v) is 4.44. The Morgan fingerprint density at radius 2 is 1.31 bits per heavy atom. The maximum Gasteiger partial charge on any atom is 0.325 e. The second kappa shape index (κ2) is 10.2. The standard InChI is InChI=1S/C24H29N3O4.ClH/c1-30-20-10-6-18(7-11-20)24(19-8-12-21(31-2)13-9-19)22(28)27(23(29)25-24)17-16-26-14-4-3-5-15-26;/h6-13H,3-5,14-17H2,1-2H3,(H,25,29);1H. The van der Waals surface area contributed by atoms with E-state index in [9.17, 15) is 9.59 Å². The molecule has 0 bridgehead atoms. The van der Waals surface area contributed by atoms with Crippen LogP contribution in [0.2, 0.25) is 0 Å². The number of nitrogens with one attached hydrogen (secondary N) is 1. The van der Waals surface area contributed by atoms with Gasteiger partial charge in [0.25, 0.3) is 5.91 Å². The van der Waals surface area contributed by atoms with Crippen LogP contribution in [0.4, 0.5) is 4.79 Å². The number of methoxy groups -OCH3 is 2. The van der Waals surface area contributed by atoms with Gasteiger partial charge in [-0.1, -0.05) is 30.7 Å². The molecular weight excluding hydrogens is 430 g/mol. The number of ether oxygens (including phenoxy) is 2. The van der Waals surface area contributed by atoms with Gasteiger partial charge in [0.15, 0.2) is 5.54 Å². The summed E-state index contributed by atoms with van der Waals surface area (Å²) in [7, 11) is 3.19. The number of hydrogen-bond acceptors (Lipinski definition) is 5. The number of urea groups is 1. The first-order valence-electron chi connectivity index (χ1n) is 10.7. The molecule has 0 spiro atoms. The molecule has 2 aliphatic heterocycles. The highest BCUT2D eigenvalue weighted by atomic mass is 35.5. The number of amides is 3. The summed E-state index contributed by atoms with van der Waals surface area (Å²) in [5, 5.41) is 3.00. The predicted molar refractivity (Wildman–Crippen MR) is 125 cm³/mol. The van der Waals surface area contributed by atoms with Gasteiger partial charge in [-0.25, -0.2) is 4.79 Å². The lowest BCUT2D eigenvalue weighted by atomic mass is 9.82. The van der Waals surface area contributed by atoms with Gasteiger partial charge in [0.05, 0.1) is 14.2 Å². The lowest BCUT2D eigenvalue weighted by Gasteiger charge is -2.29. The topological polar surface area (TPSA) is 71.1 Å². The molecule has 3 amide bonds. The Bertz CT molecular complexity index is 880. The third-order valence-corrected chi connectivity index (χ3v) is 6.24. The van der Waals surface area contributed by atoms with E-state index in [1.54, 1.807) is 38.5 Å². The molecule has 32 heavy (non-hydrogen) atoms. The van der Waals surface area contributed by atoms with Crippen LogP contribution in [-0.2, 0) is 10.3 Å². The van der Waals surface area contributed by atoms with Crippen LogP contribution in [-0.4, -0.2) is 62.1 Å². The van der Waals surface area contributed by atoms with E-state index in [4.69, 9.17) is 9.47 Å². The van der Waals surface area contributed by atoms with Gasteiger partial charge in [-0.15, -0.1) is 12.4 Å². The monoisotopic (exact) mass is 459 g/mol. The Hall–Kier alpha value is -2.77. The number of nitrogens with zero attached hydrogens (tertiary/aromatic N) is 2. The van der Waals surface area contributed by atoms with Crippen LogP contribution in [0, 0.1) is 0 Å². The summed E-state index contributed by atoms with van der Waals surface area (Å²) >= 11 is 0. The van der Waals surface area contributed by atoms with Gasteiger partial charge < -0.3 is 19.7 Å². The van der Waals surface area contributed by atoms with E-state index in [0.717, 1.165) is 13.1 Å². The molecular formula is C24H30ClN3O4. The van der Waals surface area contributed by atoms with Gasteiger partial charge in [0.2, 0.25) is 0 Å². The molecule has 2 saturated heterocycles. The molecule has 2 aliphatic rings. The van der Waals surface area contributed by atoms with Gasteiger partial charge in [0.1, 0.15) is 11.5 Å². The maximum absolute atomic E-state index is 13.8. The normalized spacial score (nSPS) is 18.1. The number of benzene rings is 2. The molecule has 0 aromatic heterocycles. The van der Waals surface area contributed by atoms with Gasteiger partial charge >= 0.3 is 6.03 Å². The highest BCUT2D eigenvalue weighted by Crippen LogP contribution is 2.37. The van der Waals surface area contributed by atoms with E-state index in [2.05, 4.69) is 10.2 Å². The molecule has 0 atom stereocenters.